The second-order valence-corrected chi connectivity index (χ2v) is 4.54. The van der Waals surface area contributed by atoms with E-state index in [1.54, 1.807) is 19.2 Å². The van der Waals surface area contributed by atoms with Gasteiger partial charge in [-0.15, -0.1) is 0 Å². The molecule has 0 unspecified atom stereocenters. The van der Waals surface area contributed by atoms with Crippen LogP contribution in [0.15, 0.2) is 34.7 Å². The molecule has 1 amide bonds. The van der Waals surface area contributed by atoms with Crippen LogP contribution in [0.3, 0.4) is 0 Å². The lowest BCUT2D eigenvalue weighted by Crippen LogP contribution is -2.17. The summed E-state index contributed by atoms with van der Waals surface area (Å²) in [5.41, 5.74) is 2.60. The normalized spacial score (nSPS) is 10.3. The highest BCUT2D eigenvalue weighted by Crippen LogP contribution is 2.19. The highest BCUT2D eigenvalue weighted by atomic mass is 35.5. The van der Waals surface area contributed by atoms with Gasteiger partial charge in [0, 0.05) is 18.3 Å². The number of hydrogen-bond donors (Lipinski definition) is 2. The third-order valence-electron chi connectivity index (χ3n) is 2.80. The quantitative estimate of drug-likeness (QED) is 0.903. The number of amides is 1. The van der Waals surface area contributed by atoms with Crippen LogP contribution in [0.5, 0.6) is 0 Å². The van der Waals surface area contributed by atoms with E-state index in [4.69, 9.17) is 16.0 Å². The molecule has 0 saturated carbocycles. The number of halogens is 1. The van der Waals surface area contributed by atoms with E-state index in [-0.39, 0.29) is 5.91 Å². The van der Waals surface area contributed by atoms with E-state index in [1.807, 2.05) is 25.1 Å². The maximum absolute atomic E-state index is 11.5. The van der Waals surface area contributed by atoms with Crippen LogP contribution >= 0.6 is 11.6 Å². The molecule has 0 aliphatic rings. The van der Waals surface area contributed by atoms with Gasteiger partial charge in [0.1, 0.15) is 5.76 Å². The number of carbonyl (C=O) groups excluding carboxylic acids is 1. The maximum atomic E-state index is 11.5. The van der Waals surface area contributed by atoms with Crippen molar-refractivity contribution in [3.63, 3.8) is 0 Å². The molecule has 100 valence electrons. The fraction of sp³-hybridized carbons (Fsp3) is 0.214. The van der Waals surface area contributed by atoms with Crippen LogP contribution in [0, 0.1) is 6.92 Å². The van der Waals surface area contributed by atoms with E-state index >= 15 is 0 Å². The van der Waals surface area contributed by atoms with Crippen LogP contribution < -0.4 is 10.6 Å². The molecule has 2 aromatic rings. The van der Waals surface area contributed by atoms with Crippen LogP contribution in [-0.2, 0) is 6.54 Å². The van der Waals surface area contributed by atoms with Crippen LogP contribution in [0.1, 0.15) is 21.7 Å². The highest BCUT2D eigenvalue weighted by Gasteiger charge is 2.06. The largest absolute Gasteiger partial charge is 0.448 e. The summed E-state index contributed by atoms with van der Waals surface area (Å²) in [6, 6.07) is 9.04. The first-order chi connectivity index (χ1) is 9.10. The summed E-state index contributed by atoms with van der Waals surface area (Å²) in [5, 5.41) is 6.22. The fourth-order valence-corrected chi connectivity index (χ4v) is 1.94. The van der Waals surface area contributed by atoms with Crippen LogP contribution in [0.2, 0.25) is 5.22 Å². The second kappa shape index (κ2) is 5.80. The average molecular weight is 279 g/mol. The average Bonchev–Trinajstić information content (AvgIpc) is 2.82. The van der Waals surface area contributed by atoms with Crippen molar-refractivity contribution in [2.75, 3.05) is 12.4 Å². The van der Waals surface area contributed by atoms with E-state index < -0.39 is 0 Å². The predicted octanol–water partition coefficient (Wildman–Crippen LogP) is 3.21. The SMILES string of the molecule is CNC(=O)c1ccc(NCc2ccc(Cl)o2)c(C)c1. The van der Waals surface area contributed by atoms with Crippen LogP contribution in [0.25, 0.3) is 0 Å². The standard InChI is InChI=1S/C14H15ClN2O2/c1-9-7-10(14(18)16-2)3-5-12(9)17-8-11-4-6-13(15)19-11/h3-7,17H,8H2,1-2H3,(H,16,18). The lowest BCUT2D eigenvalue weighted by atomic mass is 10.1. The maximum Gasteiger partial charge on any atom is 0.251 e. The topological polar surface area (TPSA) is 54.3 Å². The summed E-state index contributed by atoms with van der Waals surface area (Å²) in [6.45, 7) is 2.50. The van der Waals surface area contributed by atoms with Crippen molar-refractivity contribution in [3.8, 4) is 0 Å². The molecule has 0 aliphatic carbocycles. The number of hydrogen-bond acceptors (Lipinski definition) is 3. The number of nitrogens with one attached hydrogen (secondary N) is 2. The number of aryl methyl sites for hydroxylation is 1. The predicted molar refractivity (Wildman–Crippen MR) is 75.6 cm³/mol. The van der Waals surface area contributed by atoms with Gasteiger partial charge in [0.05, 0.1) is 6.54 Å². The van der Waals surface area contributed by atoms with E-state index in [1.165, 1.54) is 0 Å². The van der Waals surface area contributed by atoms with Gasteiger partial charge in [-0.2, -0.15) is 0 Å². The van der Waals surface area contributed by atoms with Gasteiger partial charge in [0.2, 0.25) is 0 Å². The Kier molecular flexibility index (Phi) is 4.12. The van der Waals surface area contributed by atoms with E-state index in [9.17, 15) is 4.79 Å². The Morgan fingerprint density at radius 1 is 1.32 bits per heavy atom. The van der Waals surface area contributed by atoms with E-state index in [2.05, 4.69) is 10.6 Å². The Morgan fingerprint density at radius 3 is 2.68 bits per heavy atom. The molecule has 0 fully saturated rings. The molecule has 0 radical (unpaired) electrons. The minimum Gasteiger partial charge on any atom is -0.448 e. The van der Waals surface area contributed by atoms with Gasteiger partial charge in [-0.05, 0) is 54.4 Å². The molecule has 19 heavy (non-hydrogen) atoms. The lowest BCUT2D eigenvalue weighted by Gasteiger charge is -2.09. The highest BCUT2D eigenvalue weighted by molar-refractivity contribution is 6.28. The van der Waals surface area contributed by atoms with Crippen molar-refractivity contribution >= 4 is 23.2 Å². The van der Waals surface area contributed by atoms with E-state index in [0.29, 0.717) is 17.3 Å². The van der Waals surface area contributed by atoms with Crippen molar-refractivity contribution < 1.29 is 9.21 Å². The summed E-state index contributed by atoms with van der Waals surface area (Å²) in [4.78, 5) is 11.5. The van der Waals surface area contributed by atoms with Gasteiger partial charge >= 0.3 is 0 Å². The van der Waals surface area contributed by atoms with Crippen molar-refractivity contribution in [1.82, 2.24) is 5.32 Å². The summed E-state index contributed by atoms with van der Waals surface area (Å²) in [5.74, 6) is 0.673. The lowest BCUT2D eigenvalue weighted by molar-refractivity contribution is 0.0963. The first-order valence-corrected chi connectivity index (χ1v) is 6.29. The first-order valence-electron chi connectivity index (χ1n) is 5.91. The zero-order valence-corrected chi connectivity index (χ0v) is 11.5. The second-order valence-electron chi connectivity index (χ2n) is 4.17. The molecule has 1 aromatic heterocycles. The monoisotopic (exact) mass is 278 g/mol. The van der Waals surface area contributed by atoms with Crippen LogP contribution in [0.4, 0.5) is 5.69 Å². The Labute approximate surface area is 116 Å². The number of anilines is 1. The van der Waals surface area contributed by atoms with Crippen molar-refractivity contribution in [1.29, 1.82) is 0 Å². The molecule has 1 heterocycles. The smallest absolute Gasteiger partial charge is 0.251 e. The van der Waals surface area contributed by atoms with Gasteiger partial charge in [-0.25, -0.2) is 0 Å². The van der Waals surface area contributed by atoms with Gasteiger partial charge in [0.25, 0.3) is 5.91 Å². The molecule has 2 rings (SSSR count). The number of furan rings is 1. The molecule has 0 atom stereocenters. The Bertz CT molecular complexity index is 593. The zero-order valence-electron chi connectivity index (χ0n) is 10.8. The fourth-order valence-electron chi connectivity index (χ4n) is 1.78. The molecule has 1 aromatic carbocycles. The molecule has 4 nitrogen and oxygen atoms in total. The zero-order chi connectivity index (χ0) is 13.8. The Balaban J connectivity index is 2.07. The van der Waals surface area contributed by atoms with Crippen LogP contribution in [-0.4, -0.2) is 13.0 Å². The Hall–Kier alpha value is -1.94. The summed E-state index contributed by atoms with van der Waals surface area (Å²) in [7, 11) is 1.62. The molecule has 0 aliphatic heterocycles. The molecule has 0 spiro atoms. The van der Waals surface area contributed by atoms with Gasteiger partial charge in [0.15, 0.2) is 5.22 Å². The molecule has 0 bridgehead atoms. The van der Waals surface area contributed by atoms with Gasteiger partial charge in [-0.1, -0.05) is 0 Å². The summed E-state index contributed by atoms with van der Waals surface area (Å²) >= 11 is 5.71. The van der Waals surface area contributed by atoms with Crippen molar-refractivity contribution in [2.24, 2.45) is 0 Å². The van der Waals surface area contributed by atoms with Crippen molar-refractivity contribution in [3.05, 3.63) is 52.4 Å². The molecular weight excluding hydrogens is 264 g/mol. The van der Waals surface area contributed by atoms with E-state index in [0.717, 1.165) is 17.0 Å². The first kappa shape index (κ1) is 13.5. The third-order valence-corrected chi connectivity index (χ3v) is 3.00. The molecule has 2 N–H and O–H groups in total. The van der Waals surface area contributed by atoms with Crippen molar-refractivity contribution in [2.45, 2.75) is 13.5 Å². The van der Waals surface area contributed by atoms with Gasteiger partial charge in [-0.3, -0.25) is 4.79 Å². The molecule has 5 heteroatoms. The minimum atomic E-state index is -0.0903. The third kappa shape index (κ3) is 3.29. The number of rotatable bonds is 4. The minimum absolute atomic E-state index is 0.0903. The number of benzene rings is 1. The Morgan fingerprint density at radius 2 is 2.11 bits per heavy atom. The molecule has 0 saturated heterocycles. The van der Waals surface area contributed by atoms with Gasteiger partial charge < -0.3 is 15.1 Å². The number of carbonyl (C=O) groups is 1. The molecular formula is C14H15ClN2O2. The summed E-state index contributed by atoms with van der Waals surface area (Å²) in [6.07, 6.45) is 0. The summed E-state index contributed by atoms with van der Waals surface area (Å²) < 4.78 is 5.26.